The van der Waals surface area contributed by atoms with Gasteiger partial charge in [-0.2, -0.15) is 0 Å². The summed E-state index contributed by atoms with van der Waals surface area (Å²) in [6.45, 7) is 0. The largest absolute Gasteiger partial charge is 0.316 e. The molecule has 0 saturated heterocycles. The Bertz CT molecular complexity index is 9060. The lowest BCUT2D eigenvalue weighted by Crippen LogP contribution is -2.10. The first-order chi connectivity index (χ1) is 71.5. The van der Waals surface area contributed by atoms with Crippen molar-refractivity contribution in [2.45, 2.75) is 0 Å². The van der Waals surface area contributed by atoms with Crippen molar-refractivity contribution in [3.8, 4) is 162 Å². The second-order valence-electron chi connectivity index (χ2n) is 36.7. The maximum Gasteiger partial charge on any atom is 0.234 e. The number of nitrogens with zero attached hydrogens (tertiary/aromatic N) is 8. The van der Waals surface area contributed by atoms with E-state index in [-0.39, 0.29) is 0 Å². The standard InChI is InChI=1S/C50H34N2.C44H30N2.C42H28N4/c1-4-14-35(15-5-1)37-26-28-40(29-27-37)52(39-19-8-3-9-20-39)42-30-31-45-46-24-13-25-49-50(46)48(44-23-11-10-22-43(44)47(45)33-42)34-51(49)41-21-12-18-38(32-41)36-16-6-2-7-17-36;1-4-13-31(14-5-1)32-23-25-35(26-24-32)46(34-17-8-3-9-18-34)36-27-28-39-40-21-12-22-43-44(40)42(30-45(43)33-15-6-2-7-16-33)38-20-11-10-19-37(38)41(39)29-36;1-3-11-29(12-4-1)30-19-21-32(22-20-30)46(31-13-5-2-6-14-31)33-23-24-36-38(27-33)35-16-8-7-15-34(35)37-17-9-18-40-41(37)39(36)28-45(40)42-43-25-10-26-44-42/h1-34H;1-30H;1-28H. The molecule has 0 amide bonds. The second kappa shape index (κ2) is 36.9. The Kier molecular flexibility index (Phi) is 21.8. The van der Waals surface area contributed by atoms with Gasteiger partial charge in [0.2, 0.25) is 5.95 Å². The minimum absolute atomic E-state index is 0.664. The van der Waals surface area contributed by atoms with E-state index in [9.17, 15) is 0 Å². The van der Waals surface area contributed by atoms with E-state index in [4.69, 9.17) is 0 Å². The van der Waals surface area contributed by atoms with Crippen molar-refractivity contribution in [1.29, 1.82) is 0 Å². The van der Waals surface area contributed by atoms with Gasteiger partial charge in [-0.05, 0) is 286 Å². The first-order valence-electron chi connectivity index (χ1n) is 49.1. The molecule has 4 aromatic heterocycles. The first kappa shape index (κ1) is 85.2. The Labute approximate surface area is 837 Å². The van der Waals surface area contributed by atoms with Gasteiger partial charge in [-0.15, -0.1) is 0 Å². The molecule has 28 rings (SSSR count). The number of hydrogen-bond acceptors (Lipinski definition) is 5. The fourth-order valence-corrected chi connectivity index (χ4v) is 21.8. The van der Waals surface area contributed by atoms with Crippen LogP contribution in [0.1, 0.15) is 0 Å². The van der Waals surface area contributed by atoms with Gasteiger partial charge >= 0.3 is 0 Å². The molecule has 8 nitrogen and oxygen atoms in total. The van der Waals surface area contributed by atoms with Crippen LogP contribution < -0.4 is 14.7 Å². The van der Waals surface area contributed by atoms with Gasteiger partial charge < -0.3 is 23.8 Å². The van der Waals surface area contributed by atoms with E-state index in [1.807, 2.05) is 6.07 Å². The predicted octanol–water partition coefficient (Wildman–Crippen LogP) is 36.7. The quantitative estimate of drug-likeness (QED) is 0.0965. The van der Waals surface area contributed by atoms with Crippen molar-refractivity contribution in [2.24, 2.45) is 0 Å². The summed E-state index contributed by atoms with van der Waals surface area (Å²) >= 11 is 0. The summed E-state index contributed by atoms with van der Waals surface area (Å²) < 4.78 is 6.82. The van der Waals surface area contributed by atoms with E-state index < -0.39 is 0 Å². The van der Waals surface area contributed by atoms with Crippen LogP contribution in [0.2, 0.25) is 0 Å². The minimum atomic E-state index is 0.664. The summed E-state index contributed by atoms with van der Waals surface area (Å²) in [4.78, 5) is 16.3. The number of para-hydroxylation sites is 4. The summed E-state index contributed by atoms with van der Waals surface area (Å²) in [5.74, 6) is 0.664. The zero-order chi connectivity index (χ0) is 95.3. The Balaban J connectivity index is 0.000000110. The molecule has 0 aliphatic heterocycles. The molecule has 0 fully saturated rings. The molecule has 0 radical (unpaired) electrons. The van der Waals surface area contributed by atoms with E-state index in [1.165, 1.54) is 178 Å². The van der Waals surface area contributed by atoms with Crippen LogP contribution in [0.5, 0.6) is 0 Å². The van der Waals surface area contributed by atoms with Crippen LogP contribution in [0.3, 0.4) is 0 Å². The van der Waals surface area contributed by atoms with Crippen molar-refractivity contribution < 1.29 is 0 Å². The van der Waals surface area contributed by atoms with Crippen LogP contribution in [0.15, 0.2) is 559 Å². The summed E-state index contributed by atoms with van der Waals surface area (Å²) in [7, 11) is 0. The Hall–Kier alpha value is -19.3. The first-order valence-corrected chi connectivity index (χ1v) is 49.1. The molecular formula is C136H92N8. The van der Waals surface area contributed by atoms with Crippen LogP contribution in [0, 0.1) is 0 Å². The average Bonchev–Trinajstić information content (AvgIpc) is 1.57. The van der Waals surface area contributed by atoms with Gasteiger partial charge in [0, 0.05) is 126 Å². The number of hydrogen-bond donors (Lipinski definition) is 0. The molecule has 0 unspecified atom stereocenters. The number of anilines is 9. The number of fused-ring (bicyclic) bond motifs is 15. The molecule has 0 spiro atoms. The predicted molar refractivity (Wildman–Crippen MR) is 601 cm³/mol. The van der Waals surface area contributed by atoms with E-state index in [2.05, 4.69) is 579 Å². The van der Waals surface area contributed by atoms with Crippen molar-refractivity contribution in [3.63, 3.8) is 0 Å². The molecule has 4 heterocycles. The molecule has 0 N–H and O–H groups in total. The Morgan fingerprint density at radius 1 is 0.139 bits per heavy atom. The van der Waals surface area contributed by atoms with E-state index in [1.54, 1.807) is 12.4 Å². The molecule has 144 heavy (non-hydrogen) atoms. The third-order valence-corrected chi connectivity index (χ3v) is 28.4. The molecule has 21 aromatic carbocycles. The maximum absolute atomic E-state index is 4.60. The third-order valence-electron chi connectivity index (χ3n) is 28.4. The molecule has 0 atom stereocenters. The molecule has 25 aromatic rings. The van der Waals surface area contributed by atoms with Gasteiger partial charge in [-0.1, -0.05) is 370 Å². The highest BCUT2D eigenvalue weighted by Gasteiger charge is 2.32. The monoisotopic (exact) mass is 1840 g/mol. The molecule has 3 aliphatic rings. The van der Waals surface area contributed by atoms with Crippen LogP contribution in [-0.2, 0) is 0 Å². The number of rotatable bonds is 16. The highest BCUT2D eigenvalue weighted by molar-refractivity contribution is 6.18. The van der Waals surface area contributed by atoms with Gasteiger partial charge in [0.05, 0.1) is 16.6 Å². The van der Waals surface area contributed by atoms with Gasteiger partial charge in [-0.3, -0.25) is 4.57 Å². The number of benzene rings is 21. The minimum Gasteiger partial charge on any atom is -0.316 e. The molecule has 3 aliphatic carbocycles. The van der Waals surface area contributed by atoms with Crippen molar-refractivity contribution in [1.82, 2.24) is 23.7 Å². The Morgan fingerprint density at radius 3 is 0.722 bits per heavy atom. The lowest BCUT2D eigenvalue weighted by molar-refractivity contribution is 0.962. The molecule has 8 heteroatoms. The van der Waals surface area contributed by atoms with Crippen LogP contribution in [0.25, 0.3) is 195 Å². The fourth-order valence-electron chi connectivity index (χ4n) is 21.8. The third kappa shape index (κ3) is 15.5. The average molecular weight is 1840 g/mol. The lowest BCUT2D eigenvalue weighted by Gasteiger charge is -2.27. The summed E-state index contributed by atoms with van der Waals surface area (Å²) in [6.07, 6.45) is 10.5. The molecule has 0 saturated carbocycles. The van der Waals surface area contributed by atoms with E-state index >= 15 is 0 Å². The SMILES string of the molecule is c1ccc(-c2ccc(N(c3ccccc3)c3ccc4c(c3)-c3ccccc3-c3cccc5c3c-4cn5-c3ncccn3)cc2)cc1.c1ccc(-c2ccc(N(c3ccccc3)c3ccc4c(c3)-c3ccccc3-c3cn(-c5cccc(-c6ccccc6)c5)c5cccc-4c35)cc2)cc1.c1ccc(-c2ccc(N(c3ccccc3)c3ccc4c(c3)-c3ccccc3-c3cn(-c5ccccc5)c5cccc-4c35)cc2)cc1. The number of aromatic nitrogens is 5. The zero-order valence-corrected chi connectivity index (χ0v) is 78.7. The smallest absolute Gasteiger partial charge is 0.234 e. The lowest BCUT2D eigenvalue weighted by atomic mass is 9.93. The highest BCUT2D eigenvalue weighted by atomic mass is 15.2. The highest BCUT2D eigenvalue weighted by Crippen LogP contribution is 2.56. The summed E-state index contributed by atoms with van der Waals surface area (Å²) in [5.41, 5.74) is 47.7. The zero-order valence-electron chi connectivity index (χ0n) is 78.7. The summed E-state index contributed by atoms with van der Waals surface area (Å²) in [6, 6.07) is 190. The van der Waals surface area contributed by atoms with Gasteiger partial charge in [-0.25, -0.2) is 9.97 Å². The van der Waals surface area contributed by atoms with Crippen molar-refractivity contribution >= 4 is 83.9 Å². The fraction of sp³-hybridized carbons (Fsp3) is 0. The molecule has 676 valence electrons. The molecule has 0 bridgehead atoms. The summed E-state index contributed by atoms with van der Waals surface area (Å²) in [5, 5.41) is 3.79. The normalized spacial score (nSPS) is 11.5. The second-order valence-corrected chi connectivity index (χ2v) is 36.7. The van der Waals surface area contributed by atoms with Crippen LogP contribution >= 0.6 is 0 Å². The van der Waals surface area contributed by atoms with Gasteiger partial charge in [0.25, 0.3) is 0 Å². The maximum atomic E-state index is 4.60. The van der Waals surface area contributed by atoms with Crippen LogP contribution in [0.4, 0.5) is 51.2 Å². The van der Waals surface area contributed by atoms with E-state index in [0.29, 0.717) is 5.95 Å². The van der Waals surface area contributed by atoms with Gasteiger partial charge in [0.15, 0.2) is 0 Å². The van der Waals surface area contributed by atoms with Crippen LogP contribution in [-0.4, -0.2) is 23.7 Å². The van der Waals surface area contributed by atoms with Crippen molar-refractivity contribution in [2.75, 3.05) is 14.7 Å². The van der Waals surface area contributed by atoms with Gasteiger partial charge in [0.1, 0.15) is 0 Å². The van der Waals surface area contributed by atoms with E-state index in [0.717, 1.165) is 62.4 Å². The Morgan fingerprint density at radius 2 is 0.368 bits per heavy atom. The topological polar surface area (TPSA) is 50.3 Å². The molecular weight excluding hydrogens is 1750 g/mol. The van der Waals surface area contributed by atoms with Crippen molar-refractivity contribution in [3.05, 3.63) is 559 Å².